The lowest BCUT2D eigenvalue weighted by molar-refractivity contribution is -0.132. The predicted octanol–water partition coefficient (Wildman–Crippen LogP) is 3.86. The number of hydrogen-bond acceptors (Lipinski definition) is 4. The van der Waals surface area contributed by atoms with Gasteiger partial charge in [0.15, 0.2) is 8.32 Å². The molecule has 0 aliphatic rings. The van der Waals surface area contributed by atoms with Gasteiger partial charge in [-0.05, 0) is 18.6 Å². The van der Waals surface area contributed by atoms with Gasteiger partial charge in [-0.25, -0.2) is 0 Å². The first-order valence-corrected chi connectivity index (χ1v) is 10.7. The molecule has 12 heteroatoms. The Hall–Kier alpha value is -0.146. The largest absolute Gasteiger partial charge is 0.668 e. The Morgan fingerprint density at radius 2 is 1.05 bits per heavy atom. The molecule has 0 atom stereocenters. The Kier molecular flexibility index (Phi) is 8.05. The van der Waals surface area contributed by atoms with Crippen molar-refractivity contribution in [3.63, 3.8) is 0 Å². The van der Waals surface area contributed by atoms with Crippen molar-refractivity contribution in [3.8, 4) is 0 Å². The molecule has 0 aliphatic carbocycles. The highest BCUT2D eigenvalue weighted by molar-refractivity contribution is 6.79. The van der Waals surface area contributed by atoms with E-state index in [9.17, 15) is 26.3 Å². The zero-order valence-electron chi connectivity index (χ0n) is 12.7. The predicted molar refractivity (Wildman–Crippen MR) is 70.4 cm³/mol. The van der Waals surface area contributed by atoms with Crippen LogP contribution in [-0.4, -0.2) is 51.0 Å². The average molecular weight is 374 g/mol. The molecule has 0 rings (SSSR count). The van der Waals surface area contributed by atoms with Gasteiger partial charge in [0, 0.05) is 34.2 Å². The summed E-state index contributed by atoms with van der Waals surface area (Å²) in [6.45, 7) is 1.29. The third-order valence-corrected chi connectivity index (χ3v) is 10.1. The van der Waals surface area contributed by atoms with E-state index in [0.717, 1.165) is 0 Å². The number of hydrogen-bond donors (Lipinski definition) is 0. The van der Waals surface area contributed by atoms with Crippen molar-refractivity contribution in [1.82, 2.24) is 0 Å². The standard InChI is InChI=1S/C10H20F6O4Si2/c1-17-22(18-2,19-3)20-21(4,7-5-9(11,12)13)8-6-10(14,15)16/h5-8H2,1-4H3. The van der Waals surface area contributed by atoms with Gasteiger partial charge in [-0.1, -0.05) is 0 Å². The number of alkyl halides is 6. The minimum absolute atomic E-state index is 0.530. The molecule has 0 radical (unpaired) electrons. The molecule has 0 aromatic rings. The second kappa shape index (κ2) is 8.10. The van der Waals surface area contributed by atoms with Crippen molar-refractivity contribution in [2.75, 3.05) is 21.3 Å². The maximum Gasteiger partial charge on any atom is 0.668 e. The summed E-state index contributed by atoms with van der Waals surface area (Å²) in [6.07, 6.45) is -11.4. The second-order valence-corrected chi connectivity index (χ2v) is 11.8. The minimum atomic E-state index is -4.48. The van der Waals surface area contributed by atoms with Crippen LogP contribution in [0.2, 0.25) is 18.6 Å². The molecule has 0 aromatic carbocycles. The van der Waals surface area contributed by atoms with Crippen molar-refractivity contribution in [3.05, 3.63) is 0 Å². The molecule has 0 amide bonds. The molecule has 0 fully saturated rings. The molecule has 22 heavy (non-hydrogen) atoms. The molecule has 0 saturated heterocycles. The van der Waals surface area contributed by atoms with Gasteiger partial charge in [-0.15, -0.1) is 0 Å². The topological polar surface area (TPSA) is 36.9 Å². The molecule has 0 aliphatic heterocycles. The van der Waals surface area contributed by atoms with E-state index in [1.165, 1.54) is 27.9 Å². The highest BCUT2D eigenvalue weighted by Crippen LogP contribution is 2.34. The average Bonchev–Trinajstić information content (AvgIpc) is 2.40. The van der Waals surface area contributed by atoms with Crippen LogP contribution in [-0.2, 0) is 17.4 Å². The SMILES string of the molecule is CO[Si](OC)(OC)O[Si](C)(CCC(F)(F)F)CCC(F)(F)F. The summed E-state index contributed by atoms with van der Waals surface area (Å²) in [5, 5.41) is 0. The molecular weight excluding hydrogens is 354 g/mol. The van der Waals surface area contributed by atoms with Gasteiger partial charge in [0.25, 0.3) is 0 Å². The van der Waals surface area contributed by atoms with E-state index in [2.05, 4.69) is 0 Å². The van der Waals surface area contributed by atoms with Crippen molar-refractivity contribution in [1.29, 1.82) is 0 Å². The minimum Gasteiger partial charge on any atom is -0.394 e. The van der Waals surface area contributed by atoms with E-state index in [4.69, 9.17) is 17.4 Å². The fourth-order valence-corrected chi connectivity index (χ4v) is 8.32. The Bertz CT molecular complexity index is 306. The van der Waals surface area contributed by atoms with Crippen LogP contribution >= 0.6 is 0 Å². The molecule has 0 saturated carbocycles. The quantitative estimate of drug-likeness (QED) is 0.454. The molecule has 134 valence electrons. The lowest BCUT2D eigenvalue weighted by Gasteiger charge is -2.35. The Labute approximate surface area is 127 Å². The van der Waals surface area contributed by atoms with Crippen molar-refractivity contribution in [2.24, 2.45) is 0 Å². The molecule has 0 unspecified atom stereocenters. The van der Waals surface area contributed by atoms with Crippen LogP contribution in [0.1, 0.15) is 12.8 Å². The van der Waals surface area contributed by atoms with Gasteiger partial charge in [0.1, 0.15) is 0 Å². The van der Waals surface area contributed by atoms with Crippen LogP contribution in [0.5, 0.6) is 0 Å². The second-order valence-electron chi connectivity index (χ2n) is 4.89. The van der Waals surface area contributed by atoms with Crippen molar-refractivity contribution in [2.45, 2.75) is 43.8 Å². The first kappa shape index (κ1) is 21.9. The van der Waals surface area contributed by atoms with Gasteiger partial charge in [0.05, 0.1) is 0 Å². The van der Waals surface area contributed by atoms with E-state index in [1.807, 2.05) is 0 Å². The van der Waals surface area contributed by atoms with Crippen LogP contribution < -0.4 is 0 Å². The molecule has 4 nitrogen and oxygen atoms in total. The maximum atomic E-state index is 12.4. The van der Waals surface area contributed by atoms with E-state index in [1.54, 1.807) is 0 Å². The van der Waals surface area contributed by atoms with E-state index < -0.39 is 54.6 Å². The van der Waals surface area contributed by atoms with Gasteiger partial charge in [-0.3, -0.25) is 0 Å². The number of halogens is 6. The van der Waals surface area contributed by atoms with E-state index in [-0.39, 0.29) is 0 Å². The summed E-state index contributed by atoms with van der Waals surface area (Å²) in [7, 11) is -3.63. The smallest absolute Gasteiger partial charge is 0.394 e. The fraction of sp³-hybridized carbons (Fsp3) is 1.00. The Morgan fingerprint density at radius 1 is 0.727 bits per heavy atom. The van der Waals surface area contributed by atoms with Gasteiger partial charge < -0.3 is 17.4 Å². The van der Waals surface area contributed by atoms with Gasteiger partial charge in [-0.2, -0.15) is 26.3 Å². The first-order valence-electron chi connectivity index (χ1n) is 6.29. The zero-order valence-corrected chi connectivity index (χ0v) is 14.7. The maximum absolute atomic E-state index is 12.4. The Morgan fingerprint density at radius 3 is 1.27 bits per heavy atom. The third-order valence-electron chi connectivity index (χ3n) is 3.00. The monoisotopic (exact) mass is 374 g/mol. The lowest BCUT2D eigenvalue weighted by Crippen LogP contribution is -2.55. The number of rotatable bonds is 9. The van der Waals surface area contributed by atoms with E-state index in [0.29, 0.717) is 0 Å². The summed E-state index contributed by atoms with van der Waals surface area (Å²) in [4.78, 5) is 0. The molecule has 0 heterocycles. The third kappa shape index (κ3) is 8.48. The summed E-state index contributed by atoms with van der Waals surface area (Å²) in [5.74, 6) is 0. The first-order chi connectivity index (χ1) is 9.80. The summed E-state index contributed by atoms with van der Waals surface area (Å²) < 4.78 is 94.7. The lowest BCUT2D eigenvalue weighted by atomic mass is 10.5. The van der Waals surface area contributed by atoms with Crippen molar-refractivity contribution >= 4 is 17.4 Å². The molecule has 0 spiro atoms. The summed E-state index contributed by atoms with van der Waals surface area (Å²) in [6, 6.07) is -1.06. The van der Waals surface area contributed by atoms with Crippen LogP contribution in [0, 0.1) is 0 Å². The molecular formula is C10H20F6O4Si2. The van der Waals surface area contributed by atoms with Crippen LogP contribution in [0.15, 0.2) is 0 Å². The van der Waals surface area contributed by atoms with Crippen molar-refractivity contribution < 1.29 is 43.7 Å². The molecule has 0 N–H and O–H groups in total. The Balaban J connectivity index is 5.13. The summed E-state index contributed by atoms with van der Waals surface area (Å²) in [5.41, 5.74) is 0. The normalized spacial score (nSPS) is 14.5. The van der Waals surface area contributed by atoms with E-state index >= 15 is 0 Å². The molecule has 0 bridgehead atoms. The fourth-order valence-electron chi connectivity index (χ4n) is 1.72. The zero-order chi connectivity index (χ0) is 17.7. The molecule has 0 aromatic heterocycles. The highest BCUT2D eigenvalue weighted by Gasteiger charge is 2.51. The van der Waals surface area contributed by atoms with Crippen LogP contribution in [0.4, 0.5) is 26.3 Å². The van der Waals surface area contributed by atoms with Gasteiger partial charge in [0.2, 0.25) is 0 Å². The van der Waals surface area contributed by atoms with Crippen LogP contribution in [0.25, 0.3) is 0 Å². The highest BCUT2D eigenvalue weighted by atomic mass is 28.5. The van der Waals surface area contributed by atoms with Crippen LogP contribution in [0.3, 0.4) is 0 Å². The summed E-state index contributed by atoms with van der Waals surface area (Å²) >= 11 is 0. The van der Waals surface area contributed by atoms with Gasteiger partial charge >= 0.3 is 21.4 Å².